The van der Waals surface area contributed by atoms with Gasteiger partial charge in [0.05, 0.1) is 5.60 Å². The maximum Gasteiger partial charge on any atom is 0.0939 e. The van der Waals surface area contributed by atoms with E-state index in [0.717, 1.165) is 12.8 Å². The summed E-state index contributed by atoms with van der Waals surface area (Å²) in [5.41, 5.74) is 8.63. The van der Waals surface area contributed by atoms with Gasteiger partial charge in [-0.15, -0.1) is 0 Å². The summed E-state index contributed by atoms with van der Waals surface area (Å²) in [6.07, 6.45) is 11.2. The van der Waals surface area contributed by atoms with Crippen molar-refractivity contribution >= 4 is 5.57 Å². The Kier molecular flexibility index (Phi) is 3.77. The minimum atomic E-state index is -0.200. The summed E-state index contributed by atoms with van der Waals surface area (Å²) < 4.78 is 5.91. The van der Waals surface area contributed by atoms with Gasteiger partial charge in [-0.3, -0.25) is 0 Å². The number of allylic oxidation sites excluding steroid dienone is 2. The summed E-state index contributed by atoms with van der Waals surface area (Å²) in [6, 6.07) is 10.8. The lowest BCUT2D eigenvalue weighted by Gasteiger charge is -2.38. The number of rotatable bonds is 3. The zero-order chi connectivity index (χ0) is 14.0. The SMILES string of the molecule is COC1(C2CCCC2N)C=CC(c2ccccc2)=CC1. The summed E-state index contributed by atoms with van der Waals surface area (Å²) in [5, 5.41) is 0. The molecule has 106 valence electrons. The fraction of sp³-hybridized carbons (Fsp3) is 0.444. The maximum absolute atomic E-state index is 6.28. The molecule has 20 heavy (non-hydrogen) atoms. The van der Waals surface area contributed by atoms with Crippen LogP contribution in [-0.2, 0) is 4.74 Å². The molecule has 1 saturated carbocycles. The maximum atomic E-state index is 6.28. The van der Waals surface area contributed by atoms with Gasteiger partial charge in [-0.2, -0.15) is 0 Å². The number of methoxy groups -OCH3 is 1. The van der Waals surface area contributed by atoms with Crippen LogP contribution in [0, 0.1) is 5.92 Å². The van der Waals surface area contributed by atoms with E-state index in [0.29, 0.717) is 5.92 Å². The predicted octanol–water partition coefficient (Wildman–Crippen LogP) is 3.54. The quantitative estimate of drug-likeness (QED) is 0.911. The van der Waals surface area contributed by atoms with Crippen LogP contribution in [0.4, 0.5) is 0 Å². The van der Waals surface area contributed by atoms with Gasteiger partial charge >= 0.3 is 0 Å². The molecule has 0 heterocycles. The van der Waals surface area contributed by atoms with Crippen molar-refractivity contribution < 1.29 is 4.74 Å². The Morgan fingerprint density at radius 2 is 2.00 bits per heavy atom. The molecule has 2 N–H and O–H groups in total. The van der Waals surface area contributed by atoms with Crippen molar-refractivity contribution in [3.63, 3.8) is 0 Å². The summed E-state index contributed by atoms with van der Waals surface area (Å²) in [4.78, 5) is 0. The van der Waals surface area contributed by atoms with E-state index in [4.69, 9.17) is 10.5 Å². The molecule has 1 aromatic rings. The first-order valence-electron chi connectivity index (χ1n) is 7.51. The van der Waals surface area contributed by atoms with Crippen molar-refractivity contribution in [1.29, 1.82) is 0 Å². The third kappa shape index (κ3) is 2.34. The Bertz CT molecular complexity index is 519. The molecule has 0 saturated heterocycles. The Morgan fingerprint density at radius 1 is 1.20 bits per heavy atom. The average Bonchev–Trinajstić information content (AvgIpc) is 2.95. The molecule has 0 aliphatic heterocycles. The van der Waals surface area contributed by atoms with E-state index in [-0.39, 0.29) is 11.6 Å². The topological polar surface area (TPSA) is 35.2 Å². The third-order valence-electron chi connectivity index (χ3n) is 4.87. The van der Waals surface area contributed by atoms with Crippen LogP contribution in [0.5, 0.6) is 0 Å². The molecule has 0 spiro atoms. The van der Waals surface area contributed by atoms with E-state index in [1.54, 1.807) is 0 Å². The van der Waals surface area contributed by atoms with Crippen LogP contribution in [0.25, 0.3) is 5.57 Å². The van der Waals surface area contributed by atoms with E-state index < -0.39 is 0 Å². The van der Waals surface area contributed by atoms with Gasteiger partial charge in [0.25, 0.3) is 0 Å². The van der Waals surface area contributed by atoms with E-state index >= 15 is 0 Å². The van der Waals surface area contributed by atoms with Gasteiger partial charge in [-0.05, 0) is 30.4 Å². The van der Waals surface area contributed by atoms with Gasteiger partial charge in [0.15, 0.2) is 0 Å². The van der Waals surface area contributed by atoms with Crippen LogP contribution in [0.15, 0.2) is 48.6 Å². The smallest absolute Gasteiger partial charge is 0.0939 e. The molecule has 0 radical (unpaired) electrons. The highest BCUT2D eigenvalue weighted by Crippen LogP contribution is 2.41. The number of benzene rings is 1. The molecule has 3 unspecified atom stereocenters. The second-order valence-corrected chi connectivity index (χ2v) is 5.92. The second-order valence-electron chi connectivity index (χ2n) is 5.92. The molecular weight excluding hydrogens is 246 g/mol. The summed E-state index contributed by atoms with van der Waals surface area (Å²) >= 11 is 0. The fourth-order valence-corrected chi connectivity index (χ4v) is 3.65. The highest BCUT2D eigenvalue weighted by Gasteiger charge is 2.42. The molecule has 0 bridgehead atoms. The van der Waals surface area contributed by atoms with Crippen LogP contribution >= 0.6 is 0 Å². The summed E-state index contributed by atoms with van der Waals surface area (Å²) in [6.45, 7) is 0. The third-order valence-corrected chi connectivity index (χ3v) is 4.87. The van der Waals surface area contributed by atoms with Crippen LogP contribution in [0.1, 0.15) is 31.2 Å². The summed E-state index contributed by atoms with van der Waals surface area (Å²) in [5.74, 6) is 0.442. The molecular formula is C18H23NO. The average molecular weight is 269 g/mol. The normalized spacial score (nSPS) is 33.2. The molecule has 0 aromatic heterocycles. The van der Waals surface area contributed by atoms with Crippen molar-refractivity contribution in [2.75, 3.05) is 7.11 Å². The fourth-order valence-electron chi connectivity index (χ4n) is 3.65. The summed E-state index contributed by atoms with van der Waals surface area (Å²) in [7, 11) is 1.82. The van der Waals surface area contributed by atoms with Gasteiger partial charge in [-0.1, -0.05) is 55.0 Å². The molecule has 2 nitrogen and oxygen atoms in total. The number of hydrogen-bond acceptors (Lipinski definition) is 2. The zero-order valence-corrected chi connectivity index (χ0v) is 12.1. The van der Waals surface area contributed by atoms with Crippen molar-refractivity contribution in [2.24, 2.45) is 11.7 Å². The first-order valence-corrected chi connectivity index (χ1v) is 7.51. The van der Waals surface area contributed by atoms with Gasteiger partial charge in [0.2, 0.25) is 0 Å². The van der Waals surface area contributed by atoms with Crippen LogP contribution in [0.3, 0.4) is 0 Å². The van der Waals surface area contributed by atoms with Gasteiger partial charge < -0.3 is 10.5 Å². The molecule has 2 aliphatic carbocycles. The van der Waals surface area contributed by atoms with Crippen molar-refractivity contribution in [1.82, 2.24) is 0 Å². The van der Waals surface area contributed by atoms with E-state index in [1.165, 1.54) is 24.0 Å². The number of hydrogen-bond donors (Lipinski definition) is 1. The Balaban J connectivity index is 1.82. The lowest BCUT2D eigenvalue weighted by molar-refractivity contribution is -0.0191. The molecule has 1 aromatic carbocycles. The molecule has 3 atom stereocenters. The van der Waals surface area contributed by atoms with Crippen LogP contribution in [-0.4, -0.2) is 18.8 Å². The monoisotopic (exact) mass is 269 g/mol. The second kappa shape index (κ2) is 5.55. The highest BCUT2D eigenvalue weighted by molar-refractivity contribution is 5.75. The van der Waals surface area contributed by atoms with Crippen molar-refractivity contribution in [2.45, 2.75) is 37.3 Å². The molecule has 2 heteroatoms. The van der Waals surface area contributed by atoms with Gasteiger partial charge in [0, 0.05) is 19.1 Å². The Morgan fingerprint density at radius 3 is 2.55 bits per heavy atom. The largest absolute Gasteiger partial charge is 0.373 e. The van der Waals surface area contributed by atoms with E-state index in [1.807, 2.05) is 13.2 Å². The minimum absolute atomic E-state index is 0.200. The minimum Gasteiger partial charge on any atom is -0.373 e. The lowest BCUT2D eigenvalue weighted by Crippen LogP contribution is -2.45. The first-order chi connectivity index (χ1) is 9.75. The molecule has 3 rings (SSSR count). The van der Waals surface area contributed by atoms with E-state index in [2.05, 4.69) is 42.5 Å². The standard InChI is InChI=1S/C18H23NO/c1-20-18(16-8-5-9-17(16)19)12-10-15(11-13-18)14-6-3-2-4-7-14/h2-4,6-7,10-12,16-17H,5,8-9,13,19H2,1H3. The number of nitrogens with two attached hydrogens (primary N) is 1. The van der Waals surface area contributed by atoms with E-state index in [9.17, 15) is 0 Å². The van der Waals surface area contributed by atoms with Crippen LogP contribution < -0.4 is 5.73 Å². The highest BCUT2D eigenvalue weighted by atomic mass is 16.5. The van der Waals surface area contributed by atoms with Crippen molar-refractivity contribution in [3.05, 3.63) is 54.1 Å². The van der Waals surface area contributed by atoms with Gasteiger partial charge in [0.1, 0.15) is 0 Å². The zero-order valence-electron chi connectivity index (χ0n) is 12.1. The Hall–Kier alpha value is -1.38. The molecule has 2 aliphatic rings. The molecule has 0 amide bonds. The Labute approximate surface area is 121 Å². The first kappa shape index (κ1) is 13.6. The lowest BCUT2D eigenvalue weighted by atomic mass is 9.77. The predicted molar refractivity (Wildman–Crippen MR) is 83.2 cm³/mol. The van der Waals surface area contributed by atoms with Crippen molar-refractivity contribution in [3.8, 4) is 0 Å². The van der Waals surface area contributed by atoms with Crippen LogP contribution in [0.2, 0.25) is 0 Å². The molecule has 1 fully saturated rings. The van der Waals surface area contributed by atoms with Gasteiger partial charge in [-0.25, -0.2) is 0 Å². The number of ether oxygens (including phenoxy) is 1.